The molecule has 1 aliphatic rings. The number of carbonyl (C=O) groups is 1. The molecule has 9 heteroatoms. The molecular weight excluding hydrogens is 416 g/mol. The standard InChI is InChI=1S/C15H16ClNO.C7H7N5O/c1-2-11-9-10-5-3-8-13(16)14(10)15(18)17(11)12-6-4-7-12;8-5-4(6(9)13)7-10-2-1-3-12(7)11-5/h3,5,8-9,12H,2,4,6-7H2,1H3;1-3H,(H2,8,11)(H2,9,13). The largest absolute Gasteiger partial charge is 0.381 e. The Morgan fingerprint density at radius 1 is 1.29 bits per heavy atom. The van der Waals surface area contributed by atoms with E-state index in [-0.39, 0.29) is 16.9 Å². The van der Waals surface area contributed by atoms with Gasteiger partial charge >= 0.3 is 0 Å². The van der Waals surface area contributed by atoms with Crippen LogP contribution in [0.3, 0.4) is 0 Å². The minimum Gasteiger partial charge on any atom is -0.381 e. The number of aryl methyl sites for hydroxylation is 1. The highest BCUT2D eigenvalue weighted by molar-refractivity contribution is 6.35. The van der Waals surface area contributed by atoms with Gasteiger partial charge in [-0.1, -0.05) is 30.7 Å². The van der Waals surface area contributed by atoms with Crippen LogP contribution >= 0.6 is 11.6 Å². The first-order chi connectivity index (χ1) is 14.9. The molecule has 8 nitrogen and oxygen atoms in total. The number of anilines is 1. The van der Waals surface area contributed by atoms with E-state index in [9.17, 15) is 9.59 Å². The van der Waals surface area contributed by atoms with Gasteiger partial charge in [0.2, 0.25) is 0 Å². The second kappa shape index (κ2) is 8.39. The Bertz CT molecular complexity index is 1340. The van der Waals surface area contributed by atoms with Crippen LogP contribution in [0, 0.1) is 0 Å². The minimum absolute atomic E-state index is 0.0830. The maximum Gasteiger partial charge on any atom is 0.260 e. The van der Waals surface area contributed by atoms with Crippen molar-refractivity contribution in [1.29, 1.82) is 0 Å². The monoisotopic (exact) mass is 438 g/mol. The molecule has 1 amide bonds. The summed E-state index contributed by atoms with van der Waals surface area (Å²) in [6.07, 6.45) is 7.52. The van der Waals surface area contributed by atoms with E-state index in [1.165, 1.54) is 10.9 Å². The molecule has 5 rings (SSSR count). The molecule has 31 heavy (non-hydrogen) atoms. The molecule has 1 aromatic carbocycles. The summed E-state index contributed by atoms with van der Waals surface area (Å²) in [4.78, 5) is 27.5. The van der Waals surface area contributed by atoms with Crippen LogP contribution in [0.15, 0.2) is 47.5 Å². The van der Waals surface area contributed by atoms with Gasteiger partial charge in [0.05, 0.1) is 10.4 Å². The molecule has 0 atom stereocenters. The first kappa shape index (κ1) is 20.9. The Balaban J connectivity index is 0.000000158. The van der Waals surface area contributed by atoms with Gasteiger partial charge in [0, 0.05) is 24.1 Å². The summed E-state index contributed by atoms with van der Waals surface area (Å²) in [7, 11) is 0. The number of hydrogen-bond donors (Lipinski definition) is 2. The molecule has 1 fully saturated rings. The number of hydrogen-bond acceptors (Lipinski definition) is 5. The lowest BCUT2D eigenvalue weighted by atomic mass is 9.91. The van der Waals surface area contributed by atoms with Crippen molar-refractivity contribution in [2.24, 2.45) is 5.73 Å². The van der Waals surface area contributed by atoms with Gasteiger partial charge in [0.15, 0.2) is 11.5 Å². The first-order valence-electron chi connectivity index (χ1n) is 10.1. The smallest absolute Gasteiger partial charge is 0.260 e. The Morgan fingerprint density at radius 3 is 2.71 bits per heavy atom. The molecule has 4 N–H and O–H groups in total. The van der Waals surface area contributed by atoms with Gasteiger partial charge in [0.1, 0.15) is 5.56 Å². The Labute approximate surface area is 183 Å². The van der Waals surface area contributed by atoms with Crippen molar-refractivity contribution in [2.45, 2.75) is 38.6 Å². The number of benzene rings is 1. The number of amides is 1. The summed E-state index contributed by atoms with van der Waals surface area (Å²) in [5, 5.41) is 6.06. The Hall–Kier alpha value is -3.39. The third-order valence-electron chi connectivity index (χ3n) is 5.58. The molecule has 0 aliphatic heterocycles. The fourth-order valence-corrected chi connectivity index (χ4v) is 4.11. The normalized spacial score (nSPS) is 13.6. The molecule has 0 spiro atoms. The van der Waals surface area contributed by atoms with Gasteiger partial charge in [-0.05, 0) is 49.3 Å². The van der Waals surface area contributed by atoms with E-state index < -0.39 is 5.91 Å². The van der Waals surface area contributed by atoms with Crippen LogP contribution in [0.5, 0.6) is 0 Å². The maximum atomic E-state index is 12.6. The predicted molar refractivity (Wildman–Crippen MR) is 121 cm³/mol. The van der Waals surface area contributed by atoms with Crippen LogP contribution in [0.1, 0.15) is 48.3 Å². The average Bonchev–Trinajstić information content (AvgIpc) is 3.04. The Morgan fingerprint density at radius 2 is 2.06 bits per heavy atom. The van der Waals surface area contributed by atoms with Crippen LogP contribution in [0.4, 0.5) is 5.82 Å². The lowest BCUT2D eigenvalue weighted by Gasteiger charge is -2.30. The van der Waals surface area contributed by atoms with Gasteiger partial charge in [-0.2, -0.15) is 0 Å². The van der Waals surface area contributed by atoms with Crippen LogP contribution < -0.4 is 17.0 Å². The highest BCUT2D eigenvalue weighted by atomic mass is 35.5. The lowest BCUT2D eigenvalue weighted by molar-refractivity contribution is 0.100. The summed E-state index contributed by atoms with van der Waals surface area (Å²) < 4.78 is 3.38. The van der Waals surface area contributed by atoms with E-state index in [1.54, 1.807) is 24.5 Å². The number of primary amides is 1. The van der Waals surface area contributed by atoms with Crippen molar-refractivity contribution >= 4 is 39.7 Å². The van der Waals surface area contributed by atoms with E-state index in [0.29, 0.717) is 22.1 Å². The number of fused-ring (bicyclic) bond motifs is 2. The second-order valence-corrected chi connectivity index (χ2v) is 7.87. The van der Waals surface area contributed by atoms with E-state index in [1.807, 2.05) is 16.7 Å². The highest BCUT2D eigenvalue weighted by Crippen LogP contribution is 2.33. The van der Waals surface area contributed by atoms with E-state index in [2.05, 4.69) is 23.1 Å². The predicted octanol–water partition coefficient (Wildman–Crippen LogP) is 3.35. The highest BCUT2D eigenvalue weighted by Gasteiger charge is 2.23. The number of carbonyl (C=O) groups excluding carboxylic acids is 1. The van der Waals surface area contributed by atoms with Crippen LogP contribution in [0.2, 0.25) is 5.02 Å². The lowest BCUT2D eigenvalue weighted by Crippen LogP contribution is -2.31. The van der Waals surface area contributed by atoms with Crippen molar-refractivity contribution in [3.05, 3.63) is 69.4 Å². The minimum atomic E-state index is -0.619. The topological polar surface area (TPSA) is 121 Å². The maximum absolute atomic E-state index is 12.6. The summed E-state index contributed by atoms with van der Waals surface area (Å²) in [6.45, 7) is 2.10. The number of nitrogens with two attached hydrogens (primary N) is 2. The fraction of sp³-hybridized carbons (Fsp3) is 0.273. The van der Waals surface area contributed by atoms with Crippen molar-refractivity contribution < 1.29 is 4.79 Å². The van der Waals surface area contributed by atoms with E-state index in [0.717, 1.165) is 30.3 Å². The van der Waals surface area contributed by atoms with Crippen molar-refractivity contribution in [3.8, 4) is 0 Å². The molecule has 4 aromatic rings. The molecule has 0 bridgehead atoms. The summed E-state index contributed by atoms with van der Waals surface area (Å²) in [5.74, 6) is -0.516. The molecule has 0 saturated heterocycles. The molecule has 3 aromatic heterocycles. The molecule has 0 radical (unpaired) electrons. The number of nitrogen functional groups attached to an aromatic ring is 1. The van der Waals surface area contributed by atoms with Crippen molar-refractivity contribution in [3.63, 3.8) is 0 Å². The van der Waals surface area contributed by atoms with Gasteiger partial charge in [-0.25, -0.2) is 9.50 Å². The molecular formula is C22H23ClN6O2. The van der Waals surface area contributed by atoms with E-state index >= 15 is 0 Å². The first-order valence-corrected chi connectivity index (χ1v) is 10.5. The van der Waals surface area contributed by atoms with Gasteiger partial charge in [-0.15, -0.1) is 5.10 Å². The third-order valence-corrected chi connectivity index (χ3v) is 5.90. The second-order valence-electron chi connectivity index (χ2n) is 7.47. The Kier molecular flexibility index (Phi) is 5.65. The molecule has 3 heterocycles. The number of nitrogens with zero attached hydrogens (tertiary/aromatic N) is 4. The molecule has 1 saturated carbocycles. The summed E-state index contributed by atoms with van der Waals surface area (Å²) in [6, 6.07) is 9.84. The van der Waals surface area contributed by atoms with Gasteiger partial charge in [-0.3, -0.25) is 9.59 Å². The van der Waals surface area contributed by atoms with Gasteiger partial charge in [0.25, 0.3) is 11.5 Å². The molecule has 160 valence electrons. The number of aromatic nitrogens is 4. The van der Waals surface area contributed by atoms with Crippen molar-refractivity contribution in [2.75, 3.05) is 5.73 Å². The zero-order chi connectivity index (χ0) is 22.1. The summed E-state index contributed by atoms with van der Waals surface area (Å²) in [5.41, 5.74) is 12.4. The van der Waals surface area contributed by atoms with Crippen LogP contribution in [0.25, 0.3) is 16.4 Å². The zero-order valence-corrected chi connectivity index (χ0v) is 17.8. The SMILES string of the molecule is CCc1cc2cccc(Cl)c2c(=O)n1C1CCC1.NC(=O)c1c(N)nn2cccnc12. The molecule has 0 unspecified atom stereocenters. The zero-order valence-electron chi connectivity index (χ0n) is 17.1. The quantitative estimate of drug-likeness (QED) is 0.508. The number of halogens is 1. The van der Waals surface area contributed by atoms with E-state index in [4.69, 9.17) is 23.1 Å². The van der Waals surface area contributed by atoms with Crippen LogP contribution in [-0.4, -0.2) is 25.1 Å². The average molecular weight is 439 g/mol. The van der Waals surface area contributed by atoms with Crippen LogP contribution in [-0.2, 0) is 6.42 Å². The summed E-state index contributed by atoms with van der Waals surface area (Å²) >= 11 is 6.18. The molecule has 1 aliphatic carbocycles. The van der Waals surface area contributed by atoms with Crippen molar-refractivity contribution in [1.82, 2.24) is 19.2 Å². The van der Waals surface area contributed by atoms with Gasteiger partial charge < -0.3 is 16.0 Å². The fourth-order valence-electron chi connectivity index (χ4n) is 3.84. The number of rotatable bonds is 3. The third kappa shape index (κ3) is 3.74. The number of pyridine rings is 1.